The molecule has 4 aromatic rings. The van der Waals surface area contributed by atoms with E-state index in [9.17, 15) is 4.79 Å². The summed E-state index contributed by atoms with van der Waals surface area (Å²) in [7, 11) is 1.57. The summed E-state index contributed by atoms with van der Waals surface area (Å²) < 4.78 is 11.2. The van der Waals surface area contributed by atoms with E-state index in [2.05, 4.69) is 20.5 Å². The number of para-hydroxylation sites is 1. The number of pyridine rings is 1. The third kappa shape index (κ3) is 4.26. The van der Waals surface area contributed by atoms with Crippen molar-refractivity contribution >= 4 is 23.3 Å². The zero-order valence-electron chi connectivity index (χ0n) is 15.9. The number of carbonyl (C=O) groups excluding carboxylic acids is 1. The van der Waals surface area contributed by atoms with Crippen LogP contribution in [0.1, 0.15) is 10.4 Å². The van der Waals surface area contributed by atoms with Gasteiger partial charge in [0, 0.05) is 22.8 Å². The van der Waals surface area contributed by atoms with E-state index in [0.29, 0.717) is 39.3 Å². The summed E-state index contributed by atoms with van der Waals surface area (Å²) in [5.74, 6) is 1.58. The van der Waals surface area contributed by atoms with Crippen molar-refractivity contribution in [2.45, 2.75) is 0 Å². The molecule has 1 amide bonds. The standard InChI is InChI=1S/C22H17ClN4O3/c1-29-19-9-8-14(23)11-17(19)18-12-21(27-26-18)25-22(28)16-6-2-3-7-20(16)30-15-5-4-10-24-13-15/h2-13H,1H3,(H2,25,26,27,28). The van der Waals surface area contributed by atoms with Gasteiger partial charge in [-0.1, -0.05) is 23.7 Å². The fourth-order valence-electron chi connectivity index (χ4n) is 2.88. The number of methoxy groups -OCH3 is 1. The molecule has 0 radical (unpaired) electrons. The van der Waals surface area contributed by atoms with Crippen LogP contribution in [0.5, 0.6) is 17.2 Å². The van der Waals surface area contributed by atoms with Crippen molar-refractivity contribution in [2.24, 2.45) is 0 Å². The number of hydrogen-bond acceptors (Lipinski definition) is 5. The number of nitrogens with one attached hydrogen (secondary N) is 2. The maximum absolute atomic E-state index is 12.8. The Bertz CT molecular complexity index is 1180. The molecule has 2 aromatic carbocycles. The number of nitrogens with zero attached hydrogens (tertiary/aromatic N) is 2. The minimum Gasteiger partial charge on any atom is -0.496 e. The molecule has 0 saturated carbocycles. The van der Waals surface area contributed by atoms with E-state index in [4.69, 9.17) is 21.1 Å². The quantitative estimate of drug-likeness (QED) is 0.448. The summed E-state index contributed by atoms with van der Waals surface area (Å²) in [6.07, 6.45) is 3.22. The van der Waals surface area contributed by atoms with E-state index >= 15 is 0 Å². The number of hydrogen-bond donors (Lipinski definition) is 2. The van der Waals surface area contributed by atoms with Crippen molar-refractivity contribution in [1.82, 2.24) is 15.2 Å². The Labute approximate surface area is 177 Å². The van der Waals surface area contributed by atoms with Gasteiger partial charge in [0.2, 0.25) is 0 Å². The molecule has 4 rings (SSSR count). The Morgan fingerprint density at radius 1 is 1.07 bits per heavy atom. The number of aromatic nitrogens is 3. The average molecular weight is 421 g/mol. The van der Waals surface area contributed by atoms with E-state index in [1.54, 1.807) is 80.2 Å². The smallest absolute Gasteiger partial charge is 0.260 e. The number of amides is 1. The van der Waals surface area contributed by atoms with Crippen molar-refractivity contribution in [1.29, 1.82) is 0 Å². The van der Waals surface area contributed by atoms with Crippen LogP contribution in [0.2, 0.25) is 5.02 Å². The summed E-state index contributed by atoms with van der Waals surface area (Å²) in [6, 6.07) is 17.4. The van der Waals surface area contributed by atoms with Crippen molar-refractivity contribution < 1.29 is 14.3 Å². The molecule has 0 spiro atoms. The van der Waals surface area contributed by atoms with Crippen LogP contribution in [0.3, 0.4) is 0 Å². The molecule has 150 valence electrons. The lowest BCUT2D eigenvalue weighted by Gasteiger charge is -2.10. The Hall–Kier alpha value is -3.84. The third-order valence-corrected chi connectivity index (χ3v) is 4.50. The van der Waals surface area contributed by atoms with Crippen LogP contribution in [0.15, 0.2) is 73.1 Å². The average Bonchev–Trinajstić information content (AvgIpc) is 3.23. The van der Waals surface area contributed by atoms with Crippen LogP contribution < -0.4 is 14.8 Å². The maximum atomic E-state index is 12.8. The summed E-state index contributed by atoms with van der Waals surface area (Å²) >= 11 is 6.10. The number of anilines is 1. The molecule has 0 bridgehead atoms. The molecule has 7 nitrogen and oxygen atoms in total. The van der Waals surface area contributed by atoms with Gasteiger partial charge in [0.1, 0.15) is 17.2 Å². The van der Waals surface area contributed by atoms with E-state index in [-0.39, 0.29) is 5.91 Å². The summed E-state index contributed by atoms with van der Waals surface area (Å²) in [6.45, 7) is 0. The van der Waals surface area contributed by atoms with Gasteiger partial charge in [0.05, 0.1) is 24.6 Å². The van der Waals surface area contributed by atoms with Gasteiger partial charge in [-0.3, -0.25) is 14.9 Å². The molecule has 0 saturated heterocycles. The number of halogens is 1. The highest BCUT2D eigenvalue weighted by Crippen LogP contribution is 2.32. The molecule has 2 aromatic heterocycles. The summed E-state index contributed by atoms with van der Waals surface area (Å²) in [4.78, 5) is 16.9. The highest BCUT2D eigenvalue weighted by molar-refractivity contribution is 6.31. The van der Waals surface area contributed by atoms with Gasteiger partial charge in [0.15, 0.2) is 5.82 Å². The second kappa shape index (κ2) is 8.67. The maximum Gasteiger partial charge on any atom is 0.260 e. The van der Waals surface area contributed by atoms with Crippen LogP contribution in [-0.4, -0.2) is 28.2 Å². The molecule has 0 unspecified atom stereocenters. The SMILES string of the molecule is COc1ccc(Cl)cc1-c1cc(NC(=O)c2ccccc2Oc2cccnc2)n[nH]1. The van der Waals surface area contributed by atoms with Crippen molar-refractivity contribution in [2.75, 3.05) is 12.4 Å². The minimum absolute atomic E-state index is 0.355. The lowest BCUT2D eigenvalue weighted by molar-refractivity contribution is 0.102. The van der Waals surface area contributed by atoms with Crippen molar-refractivity contribution in [3.8, 4) is 28.5 Å². The van der Waals surface area contributed by atoms with Crippen molar-refractivity contribution in [3.63, 3.8) is 0 Å². The molecule has 0 aliphatic heterocycles. The summed E-state index contributed by atoms with van der Waals surface area (Å²) in [5, 5.41) is 10.4. The Morgan fingerprint density at radius 3 is 2.73 bits per heavy atom. The van der Waals surface area contributed by atoms with Crippen LogP contribution in [0, 0.1) is 0 Å². The first-order chi connectivity index (χ1) is 14.6. The Kier molecular flexibility index (Phi) is 5.63. The molecule has 0 aliphatic carbocycles. The van der Waals surface area contributed by atoms with Gasteiger partial charge in [-0.05, 0) is 42.5 Å². The molecule has 0 fully saturated rings. The first kappa shape index (κ1) is 19.5. The van der Waals surface area contributed by atoms with Crippen LogP contribution in [-0.2, 0) is 0 Å². The van der Waals surface area contributed by atoms with Gasteiger partial charge < -0.3 is 14.8 Å². The zero-order valence-corrected chi connectivity index (χ0v) is 16.7. The second-order valence-electron chi connectivity index (χ2n) is 6.25. The molecular weight excluding hydrogens is 404 g/mol. The van der Waals surface area contributed by atoms with Crippen LogP contribution in [0.4, 0.5) is 5.82 Å². The lowest BCUT2D eigenvalue weighted by Crippen LogP contribution is -2.13. The van der Waals surface area contributed by atoms with Gasteiger partial charge in [-0.25, -0.2) is 0 Å². The molecule has 2 heterocycles. The highest BCUT2D eigenvalue weighted by Gasteiger charge is 2.16. The Morgan fingerprint density at radius 2 is 1.93 bits per heavy atom. The minimum atomic E-state index is -0.356. The number of aromatic amines is 1. The normalized spacial score (nSPS) is 10.5. The first-order valence-corrected chi connectivity index (χ1v) is 9.39. The first-order valence-electron chi connectivity index (χ1n) is 9.01. The number of benzene rings is 2. The number of H-pyrrole nitrogens is 1. The topological polar surface area (TPSA) is 89.1 Å². The van der Waals surface area contributed by atoms with Gasteiger partial charge in [-0.15, -0.1) is 0 Å². The fraction of sp³-hybridized carbons (Fsp3) is 0.0455. The Balaban J connectivity index is 1.56. The largest absolute Gasteiger partial charge is 0.496 e. The van der Waals surface area contributed by atoms with E-state index in [0.717, 1.165) is 5.56 Å². The van der Waals surface area contributed by atoms with Crippen LogP contribution in [0.25, 0.3) is 11.3 Å². The molecule has 30 heavy (non-hydrogen) atoms. The molecule has 0 atom stereocenters. The molecule has 8 heteroatoms. The van der Waals surface area contributed by atoms with Crippen LogP contribution >= 0.6 is 11.6 Å². The zero-order chi connectivity index (χ0) is 20.9. The second-order valence-corrected chi connectivity index (χ2v) is 6.69. The summed E-state index contributed by atoms with van der Waals surface area (Å²) in [5.41, 5.74) is 1.76. The predicted molar refractivity (Wildman–Crippen MR) is 114 cm³/mol. The van der Waals surface area contributed by atoms with Gasteiger partial charge in [0.25, 0.3) is 5.91 Å². The van der Waals surface area contributed by atoms with E-state index in [1.807, 2.05) is 0 Å². The molecular formula is C22H17ClN4O3. The lowest BCUT2D eigenvalue weighted by atomic mass is 10.1. The fourth-order valence-corrected chi connectivity index (χ4v) is 3.05. The molecule has 2 N–H and O–H groups in total. The number of rotatable bonds is 6. The molecule has 0 aliphatic rings. The van der Waals surface area contributed by atoms with E-state index in [1.165, 1.54) is 0 Å². The highest BCUT2D eigenvalue weighted by atomic mass is 35.5. The monoisotopic (exact) mass is 420 g/mol. The van der Waals surface area contributed by atoms with Gasteiger partial charge >= 0.3 is 0 Å². The van der Waals surface area contributed by atoms with Crippen molar-refractivity contribution in [3.05, 3.63) is 83.6 Å². The van der Waals surface area contributed by atoms with Gasteiger partial charge in [-0.2, -0.15) is 5.10 Å². The van der Waals surface area contributed by atoms with E-state index < -0.39 is 0 Å². The number of carbonyl (C=O) groups is 1. The third-order valence-electron chi connectivity index (χ3n) is 4.27. The predicted octanol–water partition coefficient (Wildman–Crippen LogP) is 5.18. The number of ether oxygens (including phenoxy) is 2.